The number of benzene rings is 1. The van der Waals surface area contributed by atoms with Gasteiger partial charge in [-0.2, -0.15) is 5.26 Å². The summed E-state index contributed by atoms with van der Waals surface area (Å²) in [5, 5.41) is 9.90. The van der Waals surface area contributed by atoms with Crippen LogP contribution in [0.15, 0.2) is 42.6 Å². The summed E-state index contributed by atoms with van der Waals surface area (Å²) >= 11 is 1.57. The number of fused-ring (bicyclic) bond motifs is 1. The zero-order valence-electron chi connectivity index (χ0n) is 11.7. The van der Waals surface area contributed by atoms with Gasteiger partial charge in [0.05, 0.1) is 23.1 Å². The monoisotopic (exact) mass is 294 g/mol. The molecule has 0 amide bonds. The third-order valence-corrected chi connectivity index (χ3v) is 4.77. The highest BCUT2D eigenvalue weighted by molar-refractivity contribution is 7.14. The average molecular weight is 294 g/mol. The van der Waals surface area contributed by atoms with Gasteiger partial charge in [0.15, 0.2) is 5.78 Å². The lowest BCUT2D eigenvalue weighted by molar-refractivity contribution is 0.0977. The first-order valence-electron chi connectivity index (χ1n) is 6.82. The Morgan fingerprint density at radius 3 is 2.86 bits per heavy atom. The first-order chi connectivity index (χ1) is 10.2. The van der Waals surface area contributed by atoms with Crippen molar-refractivity contribution in [2.45, 2.75) is 19.9 Å². The van der Waals surface area contributed by atoms with Crippen LogP contribution in [0.1, 0.15) is 27.0 Å². The minimum absolute atomic E-state index is 0.126. The molecule has 0 saturated carbocycles. The van der Waals surface area contributed by atoms with Crippen LogP contribution >= 0.6 is 11.3 Å². The van der Waals surface area contributed by atoms with Gasteiger partial charge in [0.1, 0.15) is 0 Å². The molecule has 0 saturated heterocycles. The lowest BCUT2D eigenvalue weighted by atomic mass is 10.2. The van der Waals surface area contributed by atoms with Crippen molar-refractivity contribution in [1.82, 2.24) is 4.57 Å². The summed E-state index contributed by atoms with van der Waals surface area (Å²) in [6.45, 7) is 2.42. The molecule has 0 atom stereocenters. The zero-order chi connectivity index (χ0) is 14.8. The Morgan fingerprint density at radius 1 is 1.29 bits per heavy atom. The summed E-state index contributed by atoms with van der Waals surface area (Å²) < 4.78 is 1.93. The standard InChI is InChI=1S/C17H14N2OS/c1-2-14-4-6-17(21-14)16(20)11-19-8-7-13-9-12(10-18)3-5-15(13)19/h3-9H,2,11H2,1H3. The first kappa shape index (κ1) is 13.6. The van der Waals surface area contributed by atoms with E-state index in [-0.39, 0.29) is 5.78 Å². The van der Waals surface area contributed by atoms with Crippen molar-refractivity contribution in [1.29, 1.82) is 5.26 Å². The number of rotatable bonds is 4. The van der Waals surface area contributed by atoms with E-state index >= 15 is 0 Å². The Morgan fingerprint density at radius 2 is 2.14 bits per heavy atom. The SMILES string of the molecule is CCc1ccc(C(=O)Cn2ccc3cc(C#N)ccc32)s1. The van der Waals surface area contributed by atoms with Crippen molar-refractivity contribution < 1.29 is 4.79 Å². The Kier molecular flexibility index (Phi) is 3.59. The summed E-state index contributed by atoms with van der Waals surface area (Å²) in [4.78, 5) is 14.4. The fraction of sp³-hybridized carbons (Fsp3) is 0.176. The van der Waals surface area contributed by atoms with E-state index in [0.717, 1.165) is 22.2 Å². The maximum absolute atomic E-state index is 12.3. The van der Waals surface area contributed by atoms with Gasteiger partial charge in [0, 0.05) is 22.0 Å². The lowest BCUT2D eigenvalue weighted by Crippen LogP contribution is -2.07. The first-order valence-corrected chi connectivity index (χ1v) is 7.64. The van der Waals surface area contributed by atoms with Gasteiger partial charge in [0.25, 0.3) is 0 Å². The second-order valence-electron chi connectivity index (χ2n) is 4.87. The molecule has 0 bridgehead atoms. The van der Waals surface area contributed by atoms with Gasteiger partial charge in [-0.3, -0.25) is 4.79 Å². The van der Waals surface area contributed by atoms with Crippen molar-refractivity contribution >= 4 is 28.0 Å². The minimum atomic E-state index is 0.126. The Labute approximate surface area is 127 Å². The number of ketones is 1. The third kappa shape index (κ3) is 2.61. The molecule has 4 heteroatoms. The number of aryl methyl sites for hydroxylation is 1. The van der Waals surface area contributed by atoms with Gasteiger partial charge in [-0.25, -0.2) is 0 Å². The van der Waals surface area contributed by atoms with Crippen LogP contribution in [0.2, 0.25) is 0 Å². The second kappa shape index (κ2) is 5.55. The zero-order valence-corrected chi connectivity index (χ0v) is 12.5. The fourth-order valence-corrected chi connectivity index (χ4v) is 3.24. The van der Waals surface area contributed by atoms with Crippen molar-refractivity contribution in [3.63, 3.8) is 0 Å². The highest BCUT2D eigenvalue weighted by atomic mass is 32.1. The van der Waals surface area contributed by atoms with E-state index < -0.39 is 0 Å². The van der Waals surface area contributed by atoms with Crippen LogP contribution < -0.4 is 0 Å². The number of nitriles is 1. The predicted octanol–water partition coefficient (Wildman–Crippen LogP) is 4.02. The molecule has 3 aromatic rings. The van der Waals surface area contributed by atoms with Crippen LogP contribution in [0.4, 0.5) is 0 Å². The van der Waals surface area contributed by atoms with Crippen LogP contribution in [0.25, 0.3) is 10.9 Å². The fourth-order valence-electron chi connectivity index (χ4n) is 2.36. The van der Waals surface area contributed by atoms with E-state index in [1.165, 1.54) is 4.88 Å². The molecule has 0 N–H and O–H groups in total. The number of carbonyl (C=O) groups excluding carboxylic acids is 1. The molecule has 0 unspecified atom stereocenters. The molecule has 0 aliphatic carbocycles. The molecule has 0 aliphatic heterocycles. The van der Waals surface area contributed by atoms with E-state index in [0.29, 0.717) is 12.1 Å². The van der Waals surface area contributed by atoms with Gasteiger partial charge in [0.2, 0.25) is 0 Å². The maximum Gasteiger partial charge on any atom is 0.192 e. The number of nitrogens with zero attached hydrogens (tertiary/aromatic N) is 2. The number of aromatic nitrogens is 1. The summed E-state index contributed by atoms with van der Waals surface area (Å²) in [7, 11) is 0. The van der Waals surface area contributed by atoms with E-state index in [1.807, 2.05) is 41.1 Å². The summed E-state index contributed by atoms with van der Waals surface area (Å²) in [5.41, 5.74) is 1.62. The number of carbonyl (C=O) groups is 1. The van der Waals surface area contributed by atoms with Crippen molar-refractivity contribution in [2.75, 3.05) is 0 Å². The van der Waals surface area contributed by atoms with E-state index in [1.54, 1.807) is 17.4 Å². The summed E-state index contributed by atoms with van der Waals surface area (Å²) in [6, 6.07) is 13.5. The highest BCUT2D eigenvalue weighted by Crippen LogP contribution is 2.21. The molecule has 0 aliphatic rings. The number of hydrogen-bond acceptors (Lipinski definition) is 3. The summed E-state index contributed by atoms with van der Waals surface area (Å²) in [6.07, 6.45) is 2.86. The van der Waals surface area contributed by atoms with E-state index in [9.17, 15) is 4.79 Å². The number of hydrogen-bond donors (Lipinski definition) is 0. The predicted molar refractivity (Wildman–Crippen MR) is 84.7 cm³/mol. The maximum atomic E-state index is 12.3. The smallest absolute Gasteiger partial charge is 0.192 e. The molecule has 0 spiro atoms. The molecule has 0 radical (unpaired) electrons. The lowest BCUT2D eigenvalue weighted by Gasteiger charge is -2.03. The van der Waals surface area contributed by atoms with Crippen molar-refractivity contribution in [2.24, 2.45) is 0 Å². The summed E-state index contributed by atoms with van der Waals surface area (Å²) in [5.74, 6) is 0.126. The molecule has 21 heavy (non-hydrogen) atoms. The van der Waals surface area contributed by atoms with Crippen molar-refractivity contribution in [3.05, 3.63) is 57.9 Å². The molecule has 0 fully saturated rings. The topological polar surface area (TPSA) is 45.8 Å². The third-order valence-electron chi connectivity index (χ3n) is 3.50. The Balaban J connectivity index is 1.88. The van der Waals surface area contributed by atoms with Crippen LogP contribution in [0.5, 0.6) is 0 Å². The number of thiophene rings is 1. The van der Waals surface area contributed by atoms with Gasteiger partial charge in [-0.05, 0) is 42.8 Å². The van der Waals surface area contributed by atoms with Crippen molar-refractivity contribution in [3.8, 4) is 6.07 Å². The molecular formula is C17H14N2OS. The van der Waals surface area contributed by atoms with Crippen LogP contribution in [0.3, 0.4) is 0 Å². The molecule has 2 heterocycles. The minimum Gasteiger partial charge on any atom is -0.340 e. The quantitative estimate of drug-likeness (QED) is 0.682. The van der Waals surface area contributed by atoms with E-state index in [4.69, 9.17) is 5.26 Å². The largest absolute Gasteiger partial charge is 0.340 e. The van der Waals surface area contributed by atoms with E-state index in [2.05, 4.69) is 13.0 Å². The molecule has 3 rings (SSSR count). The average Bonchev–Trinajstić information content (AvgIpc) is 3.13. The molecule has 3 nitrogen and oxygen atoms in total. The molecule has 2 aromatic heterocycles. The number of Topliss-reactive ketones (excluding diaryl/α,β-unsaturated/α-hetero) is 1. The van der Waals surface area contributed by atoms with Gasteiger partial charge in [-0.15, -0.1) is 11.3 Å². The molecule has 104 valence electrons. The molecular weight excluding hydrogens is 280 g/mol. The highest BCUT2D eigenvalue weighted by Gasteiger charge is 2.11. The van der Waals surface area contributed by atoms with Gasteiger partial charge in [-0.1, -0.05) is 6.92 Å². The Bertz CT molecular complexity index is 851. The second-order valence-corrected chi connectivity index (χ2v) is 6.04. The van der Waals surface area contributed by atoms with Gasteiger partial charge < -0.3 is 4.57 Å². The van der Waals surface area contributed by atoms with Crippen LogP contribution in [-0.2, 0) is 13.0 Å². The van der Waals surface area contributed by atoms with Crippen LogP contribution in [0, 0.1) is 11.3 Å². The van der Waals surface area contributed by atoms with Crippen LogP contribution in [-0.4, -0.2) is 10.4 Å². The molecule has 1 aromatic carbocycles. The van der Waals surface area contributed by atoms with Gasteiger partial charge >= 0.3 is 0 Å². The normalized spacial score (nSPS) is 10.7. The Hall–Kier alpha value is -2.38.